The summed E-state index contributed by atoms with van der Waals surface area (Å²) in [6.45, 7) is 0. The first kappa shape index (κ1) is 26.1. The highest BCUT2D eigenvalue weighted by molar-refractivity contribution is 9.11. The van der Waals surface area contributed by atoms with Crippen molar-refractivity contribution in [3.8, 4) is 17.2 Å². The second kappa shape index (κ2) is 11.7. The zero-order valence-corrected chi connectivity index (χ0v) is 21.7. The molecule has 3 aromatic rings. The Balaban J connectivity index is 0.000000390. The molecule has 0 aliphatic rings. The number of fused-ring (bicyclic) bond motifs is 1. The molecule has 8 nitrogen and oxygen atoms in total. The van der Waals surface area contributed by atoms with E-state index in [4.69, 9.17) is 23.4 Å². The second-order valence-electron chi connectivity index (χ2n) is 6.68. The first-order valence-electron chi connectivity index (χ1n) is 9.26. The molecule has 1 heterocycles. The monoisotopic (exact) mass is 573 g/mol. The van der Waals surface area contributed by atoms with E-state index in [-0.39, 0.29) is 17.9 Å². The molecule has 0 radical (unpaired) electrons. The van der Waals surface area contributed by atoms with Gasteiger partial charge < -0.3 is 28.5 Å². The summed E-state index contributed by atoms with van der Waals surface area (Å²) in [6, 6.07) is 6.58. The zero-order chi connectivity index (χ0) is 24.0. The molecular formula is C22H25Br2NO7. The first-order chi connectivity index (χ1) is 15.2. The standard InChI is InChI=1S/C17H12Br2O5.C5H13NO2/c1-22-8-3-4-12(23-2)9(5-8)16(20)10-7-24-13-6-11(18)17(21)15(19)14(10)13;1-6(2)5(7-3)8-4/h3-7,21H,1-2H3;5H,1-4H3. The van der Waals surface area contributed by atoms with Crippen LogP contribution >= 0.6 is 31.9 Å². The fourth-order valence-electron chi connectivity index (χ4n) is 2.93. The summed E-state index contributed by atoms with van der Waals surface area (Å²) >= 11 is 6.56. The van der Waals surface area contributed by atoms with E-state index >= 15 is 0 Å². The van der Waals surface area contributed by atoms with Gasteiger partial charge in [-0.25, -0.2) is 0 Å². The van der Waals surface area contributed by atoms with Crippen molar-refractivity contribution in [3.05, 3.63) is 50.6 Å². The van der Waals surface area contributed by atoms with Crippen LogP contribution in [-0.2, 0) is 9.47 Å². The summed E-state index contributed by atoms with van der Waals surface area (Å²) in [4.78, 5) is 14.8. The lowest BCUT2D eigenvalue weighted by molar-refractivity contribution is -0.179. The zero-order valence-electron chi connectivity index (χ0n) is 18.6. The number of ether oxygens (including phenoxy) is 4. The first-order valence-corrected chi connectivity index (χ1v) is 10.9. The molecule has 0 aliphatic heterocycles. The molecule has 0 saturated carbocycles. The van der Waals surface area contributed by atoms with Gasteiger partial charge in [-0.05, 0) is 70.2 Å². The average molecular weight is 575 g/mol. The second-order valence-corrected chi connectivity index (χ2v) is 8.33. The molecule has 0 atom stereocenters. The largest absolute Gasteiger partial charge is 0.506 e. The molecule has 0 fully saturated rings. The molecule has 0 bridgehead atoms. The lowest BCUT2D eigenvalue weighted by atomic mass is 10.0. The van der Waals surface area contributed by atoms with Crippen LogP contribution < -0.4 is 9.47 Å². The number of phenols is 1. The van der Waals surface area contributed by atoms with Crippen LogP contribution in [0.5, 0.6) is 17.2 Å². The van der Waals surface area contributed by atoms with E-state index in [0.717, 1.165) is 0 Å². The fourth-order valence-corrected chi connectivity index (χ4v) is 4.23. The summed E-state index contributed by atoms with van der Waals surface area (Å²) in [5, 5.41) is 10.6. The van der Waals surface area contributed by atoms with Gasteiger partial charge in [0.25, 0.3) is 0 Å². The number of nitrogens with zero attached hydrogens (tertiary/aromatic N) is 1. The van der Waals surface area contributed by atoms with Gasteiger partial charge in [-0.15, -0.1) is 0 Å². The molecule has 0 aliphatic carbocycles. The van der Waals surface area contributed by atoms with Gasteiger partial charge in [0.2, 0.25) is 12.2 Å². The van der Waals surface area contributed by atoms with Crippen LogP contribution in [0.2, 0.25) is 0 Å². The third-order valence-corrected chi connectivity index (χ3v) is 5.83. The molecule has 32 heavy (non-hydrogen) atoms. The Kier molecular flexibility index (Phi) is 9.53. The summed E-state index contributed by atoms with van der Waals surface area (Å²) in [7, 11) is 10.00. The van der Waals surface area contributed by atoms with Crippen molar-refractivity contribution >= 4 is 48.6 Å². The Morgan fingerprint density at radius 3 is 2.19 bits per heavy atom. The molecule has 10 heteroatoms. The predicted octanol–water partition coefficient (Wildman–Crippen LogP) is 5.04. The summed E-state index contributed by atoms with van der Waals surface area (Å²) < 4.78 is 26.5. The van der Waals surface area contributed by atoms with Crippen molar-refractivity contribution in [2.24, 2.45) is 0 Å². The van der Waals surface area contributed by atoms with Gasteiger partial charge in [-0.1, -0.05) is 0 Å². The van der Waals surface area contributed by atoms with Crippen LogP contribution in [0.3, 0.4) is 0 Å². The Labute approximate surface area is 203 Å². The Bertz CT molecular complexity index is 1080. The third kappa shape index (κ3) is 5.62. The van der Waals surface area contributed by atoms with Crippen molar-refractivity contribution < 1.29 is 33.3 Å². The number of aromatic hydroxyl groups is 1. The van der Waals surface area contributed by atoms with Gasteiger partial charge in [0.1, 0.15) is 29.1 Å². The van der Waals surface area contributed by atoms with Gasteiger partial charge in [0.15, 0.2) is 0 Å². The van der Waals surface area contributed by atoms with Gasteiger partial charge in [-0.3, -0.25) is 9.69 Å². The Morgan fingerprint density at radius 1 is 1.03 bits per heavy atom. The van der Waals surface area contributed by atoms with E-state index in [1.807, 2.05) is 19.0 Å². The minimum Gasteiger partial charge on any atom is -0.506 e. The number of benzene rings is 2. The number of carbonyl (C=O) groups excluding carboxylic acids is 1. The average Bonchev–Trinajstić information content (AvgIpc) is 3.21. The SMILES string of the molecule is COC(OC)N(C)C.COc1ccc(OC)c(C(=O)c2coc3cc(Br)c(O)c(Br)c23)c1. The van der Waals surface area contributed by atoms with Crippen LogP contribution in [-0.4, -0.2) is 64.7 Å². The topological polar surface area (TPSA) is 90.6 Å². The van der Waals surface area contributed by atoms with Crippen LogP contribution in [0.15, 0.2) is 43.9 Å². The molecule has 174 valence electrons. The molecule has 1 N–H and O–H groups in total. The van der Waals surface area contributed by atoms with Crippen LogP contribution in [0.4, 0.5) is 0 Å². The molecule has 0 saturated heterocycles. The maximum absolute atomic E-state index is 13.0. The van der Waals surface area contributed by atoms with E-state index in [9.17, 15) is 9.90 Å². The lowest BCUT2D eigenvalue weighted by Crippen LogP contribution is -2.30. The number of halogens is 2. The normalized spacial score (nSPS) is 10.9. The molecular weight excluding hydrogens is 550 g/mol. The Morgan fingerprint density at radius 2 is 1.69 bits per heavy atom. The minimum atomic E-state index is -0.299. The highest BCUT2D eigenvalue weighted by Crippen LogP contribution is 2.42. The fraction of sp³-hybridized carbons (Fsp3) is 0.318. The number of hydrogen-bond donors (Lipinski definition) is 1. The minimum absolute atomic E-state index is 0.00411. The summed E-state index contributed by atoms with van der Waals surface area (Å²) in [5.41, 5.74) is 1.12. The quantitative estimate of drug-likeness (QED) is 0.310. The smallest absolute Gasteiger partial charge is 0.217 e. The lowest BCUT2D eigenvalue weighted by Gasteiger charge is -2.19. The highest BCUT2D eigenvalue weighted by Gasteiger charge is 2.23. The number of phenolic OH excluding ortho intramolecular Hbond substituents is 1. The number of methoxy groups -OCH3 is 4. The maximum atomic E-state index is 13.0. The van der Waals surface area contributed by atoms with E-state index < -0.39 is 0 Å². The van der Waals surface area contributed by atoms with Crippen LogP contribution in [0.25, 0.3) is 11.0 Å². The molecule has 3 rings (SSSR count). The summed E-state index contributed by atoms with van der Waals surface area (Å²) in [5.74, 6) is 0.659. The van der Waals surface area contributed by atoms with Crippen LogP contribution in [0, 0.1) is 0 Å². The molecule has 1 aromatic heterocycles. The maximum Gasteiger partial charge on any atom is 0.217 e. The number of carbonyl (C=O) groups is 1. The van der Waals surface area contributed by atoms with E-state index in [1.54, 1.807) is 38.5 Å². The van der Waals surface area contributed by atoms with Crippen LogP contribution in [0.1, 0.15) is 15.9 Å². The summed E-state index contributed by atoms with van der Waals surface area (Å²) in [6.07, 6.45) is 1.15. The van der Waals surface area contributed by atoms with Crippen molar-refractivity contribution in [1.29, 1.82) is 0 Å². The predicted molar refractivity (Wildman–Crippen MR) is 128 cm³/mol. The molecule has 2 aromatic carbocycles. The van der Waals surface area contributed by atoms with E-state index in [2.05, 4.69) is 31.9 Å². The van der Waals surface area contributed by atoms with Gasteiger partial charge in [0.05, 0.1) is 34.3 Å². The van der Waals surface area contributed by atoms with Crippen molar-refractivity contribution in [3.63, 3.8) is 0 Å². The Hall–Kier alpha value is -2.11. The number of ketones is 1. The van der Waals surface area contributed by atoms with Gasteiger partial charge in [-0.2, -0.15) is 0 Å². The van der Waals surface area contributed by atoms with Crippen molar-refractivity contribution in [1.82, 2.24) is 4.90 Å². The van der Waals surface area contributed by atoms with E-state index in [1.165, 1.54) is 20.5 Å². The van der Waals surface area contributed by atoms with E-state index in [0.29, 0.717) is 42.5 Å². The molecule has 0 spiro atoms. The van der Waals surface area contributed by atoms with Gasteiger partial charge >= 0.3 is 0 Å². The third-order valence-electron chi connectivity index (χ3n) is 4.45. The number of hydrogen-bond acceptors (Lipinski definition) is 8. The van der Waals surface area contributed by atoms with Crippen molar-refractivity contribution in [2.45, 2.75) is 6.41 Å². The van der Waals surface area contributed by atoms with Crippen molar-refractivity contribution in [2.75, 3.05) is 42.5 Å². The molecule has 0 amide bonds. The van der Waals surface area contributed by atoms with Gasteiger partial charge in [0, 0.05) is 19.6 Å². The molecule has 0 unspecified atom stereocenters. The highest BCUT2D eigenvalue weighted by atomic mass is 79.9. The number of rotatable bonds is 7. The number of furan rings is 1.